The lowest BCUT2D eigenvalue weighted by Crippen LogP contribution is -2.10. The molecule has 14 aromatic carbocycles. The van der Waals surface area contributed by atoms with E-state index in [2.05, 4.69) is 323 Å². The van der Waals surface area contributed by atoms with Crippen molar-refractivity contribution in [2.75, 3.05) is 0 Å². The Morgan fingerprint density at radius 1 is 0.223 bits per heavy atom. The molecule has 0 N–H and O–H groups in total. The van der Waals surface area contributed by atoms with Crippen molar-refractivity contribution in [2.45, 2.75) is 0 Å². The predicted octanol–water partition coefficient (Wildman–Crippen LogP) is 22.8. The van der Waals surface area contributed by atoms with Crippen molar-refractivity contribution in [3.8, 4) is 96.0 Å². The number of nitrogens with zero attached hydrogens (tertiary/aromatic N) is 5. The van der Waals surface area contributed by atoms with Gasteiger partial charge in [-0.1, -0.05) is 218 Å². The third-order valence-corrected chi connectivity index (χ3v) is 18.0. The summed E-state index contributed by atoms with van der Waals surface area (Å²) in [4.78, 5) is 0. The van der Waals surface area contributed by atoms with Crippen LogP contribution < -0.4 is 0 Å². The fourth-order valence-electron chi connectivity index (χ4n) is 13.5. The molecule has 0 saturated heterocycles. The zero-order valence-electron chi connectivity index (χ0n) is 50.4. The average molecular weight is 1210 g/mol. The van der Waals surface area contributed by atoms with Gasteiger partial charge in [-0.2, -0.15) is 10.5 Å². The molecule has 0 aliphatic carbocycles. The smallest absolute Gasteiger partial charge is 0.194 e. The van der Waals surface area contributed by atoms with Crippen LogP contribution in [0.25, 0.3) is 149 Å². The minimum atomic E-state index is -1.55. The van der Waals surface area contributed by atoms with E-state index in [1.54, 1.807) is 0 Å². The summed E-state index contributed by atoms with van der Waals surface area (Å²) in [6, 6.07) is 115. The van der Waals surface area contributed by atoms with E-state index in [1.165, 1.54) is 6.07 Å². The van der Waals surface area contributed by atoms with E-state index < -0.39 is 17.5 Å². The molecule has 442 valence electrons. The van der Waals surface area contributed by atoms with E-state index in [4.69, 9.17) is 5.26 Å². The standard InChI is InChI=1S/C79H50N4.C7H2F3N/c80-51-52-43-77(81-71-37-31-59(53-19-7-1-8-20-53)45-65(71)66-46-60(32-38-72(66)81)54-21-9-2-10-22-54)79(83-75-41-35-63(57-27-15-5-16-28-57)49-69(75)70-50-64(36-42-76(70)83)58-29-17-6-18-30-58)78(44-52)82-73-39-33-61(55-23-11-3-12-24-55)47-67(73)68-48-62(34-40-74(68)82)56-25-13-4-14-26-56;8-5-1-4(3-11)2-6(9)7(5)10/h1-50H;1-2H. The number of hydrogen-bond donors (Lipinski definition) is 0. The molecular weight excluding hydrogens is 1160 g/mol. The summed E-state index contributed by atoms with van der Waals surface area (Å²) in [7, 11) is 0. The SMILES string of the molecule is N#Cc1cc(-n2c3ccc(-c4ccccc4)cc3c3cc(-c4ccccc4)ccc32)c(-n2c3ccc(-c4ccccc4)cc3c3cc(-c4ccccc4)ccc32)c(-n2c3ccc(-c4ccccc4)cc3c3cc(-c4ccccc4)ccc32)c1.N#Cc1cc(F)c(F)c(F)c1. The van der Waals surface area contributed by atoms with Gasteiger partial charge in [-0.05, 0) is 164 Å². The molecule has 0 saturated carbocycles. The Kier molecular flexibility index (Phi) is 14.2. The molecule has 94 heavy (non-hydrogen) atoms. The first-order chi connectivity index (χ1) is 46.3. The van der Waals surface area contributed by atoms with Gasteiger partial charge in [0.25, 0.3) is 0 Å². The molecule has 0 spiro atoms. The fraction of sp³-hybridized carbons (Fsp3) is 0. The second-order valence-corrected chi connectivity index (χ2v) is 23.4. The maximum absolute atomic E-state index is 12.3. The maximum Gasteiger partial charge on any atom is 0.194 e. The van der Waals surface area contributed by atoms with Crippen LogP contribution in [0, 0.1) is 40.1 Å². The molecule has 0 atom stereocenters. The quantitative estimate of drug-likeness (QED) is 0.135. The van der Waals surface area contributed by atoms with Gasteiger partial charge in [-0.15, -0.1) is 0 Å². The van der Waals surface area contributed by atoms with Gasteiger partial charge in [0.2, 0.25) is 0 Å². The van der Waals surface area contributed by atoms with Crippen LogP contribution in [-0.2, 0) is 0 Å². The first-order valence-corrected chi connectivity index (χ1v) is 31.0. The van der Waals surface area contributed by atoms with Gasteiger partial charge in [-0.25, -0.2) is 13.2 Å². The lowest BCUT2D eigenvalue weighted by atomic mass is 10.0. The van der Waals surface area contributed by atoms with E-state index in [0.717, 1.165) is 149 Å². The van der Waals surface area contributed by atoms with Gasteiger partial charge in [0.15, 0.2) is 17.5 Å². The molecule has 3 aromatic heterocycles. The van der Waals surface area contributed by atoms with Gasteiger partial charge in [0.05, 0.1) is 73.4 Å². The molecule has 5 nitrogen and oxygen atoms in total. The topological polar surface area (TPSA) is 62.4 Å². The molecule has 0 aliphatic heterocycles. The lowest BCUT2D eigenvalue weighted by molar-refractivity contribution is 0.446. The third-order valence-electron chi connectivity index (χ3n) is 18.0. The molecule has 0 bridgehead atoms. The van der Waals surface area contributed by atoms with E-state index in [1.807, 2.05) is 0 Å². The zero-order chi connectivity index (χ0) is 63.4. The van der Waals surface area contributed by atoms with E-state index in [9.17, 15) is 18.4 Å². The number of aromatic nitrogens is 3. The van der Waals surface area contributed by atoms with E-state index in [-0.39, 0.29) is 5.56 Å². The summed E-state index contributed by atoms with van der Waals surface area (Å²) < 4.78 is 44.1. The number of hydrogen-bond acceptors (Lipinski definition) is 2. The lowest BCUT2D eigenvalue weighted by Gasteiger charge is -2.23. The Morgan fingerprint density at radius 2 is 0.436 bits per heavy atom. The molecule has 0 unspecified atom stereocenters. The Bertz CT molecular complexity index is 5350. The minimum Gasteiger partial charge on any atom is -0.307 e. The van der Waals surface area contributed by atoms with Crippen molar-refractivity contribution in [1.82, 2.24) is 13.7 Å². The van der Waals surface area contributed by atoms with E-state index in [0.29, 0.717) is 17.7 Å². The van der Waals surface area contributed by atoms with Crippen LogP contribution in [0.1, 0.15) is 11.1 Å². The molecule has 0 fully saturated rings. The summed E-state index contributed by atoms with van der Waals surface area (Å²) in [5, 5.41) is 26.5. The fourth-order valence-corrected chi connectivity index (χ4v) is 13.5. The number of nitriles is 2. The molecule has 8 heteroatoms. The molecule has 3 heterocycles. The molecule has 17 aromatic rings. The third kappa shape index (κ3) is 9.91. The largest absolute Gasteiger partial charge is 0.307 e. The highest BCUT2D eigenvalue weighted by molar-refractivity contribution is 6.16. The van der Waals surface area contributed by atoms with Gasteiger partial charge in [-0.3, -0.25) is 0 Å². The van der Waals surface area contributed by atoms with Crippen molar-refractivity contribution in [3.05, 3.63) is 344 Å². The molecule has 0 radical (unpaired) electrons. The van der Waals surface area contributed by atoms with Crippen molar-refractivity contribution in [1.29, 1.82) is 10.5 Å². The molecule has 17 rings (SSSR count). The van der Waals surface area contributed by atoms with Crippen LogP contribution in [0.15, 0.2) is 315 Å². The number of rotatable bonds is 9. The zero-order valence-corrected chi connectivity index (χ0v) is 50.4. The molecule has 0 amide bonds. The van der Waals surface area contributed by atoms with Gasteiger partial charge in [0.1, 0.15) is 0 Å². The highest BCUT2D eigenvalue weighted by atomic mass is 19.2. The maximum atomic E-state index is 12.3. The number of fused-ring (bicyclic) bond motifs is 9. The van der Waals surface area contributed by atoms with Gasteiger partial charge < -0.3 is 13.7 Å². The summed E-state index contributed by atoms with van der Waals surface area (Å²) in [6.07, 6.45) is 0. The average Bonchev–Trinajstić information content (AvgIpc) is 1.55. The van der Waals surface area contributed by atoms with Crippen molar-refractivity contribution in [3.63, 3.8) is 0 Å². The first kappa shape index (κ1) is 56.5. The molecular formula is C86H52F3N5. The summed E-state index contributed by atoms with van der Waals surface area (Å²) >= 11 is 0. The predicted molar refractivity (Wildman–Crippen MR) is 378 cm³/mol. The number of halogens is 3. The van der Waals surface area contributed by atoms with Crippen LogP contribution in [0.5, 0.6) is 0 Å². The second kappa shape index (κ2) is 23.6. The minimum absolute atomic E-state index is 0.235. The Morgan fingerprint density at radius 3 is 0.660 bits per heavy atom. The Balaban J connectivity index is 0.000000580. The molecule has 0 aliphatic rings. The highest BCUT2D eigenvalue weighted by Gasteiger charge is 2.28. The van der Waals surface area contributed by atoms with E-state index >= 15 is 0 Å². The highest BCUT2D eigenvalue weighted by Crippen LogP contribution is 2.47. The van der Waals surface area contributed by atoms with Crippen LogP contribution in [-0.4, -0.2) is 13.7 Å². The normalized spacial score (nSPS) is 11.3. The first-order valence-electron chi connectivity index (χ1n) is 31.0. The summed E-state index contributed by atoms with van der Waals surface area (Å²) in [6.45, 7) is 0. The van der Waals surface area contributed by atoms with Gasteiger partial charge >= 0.3 is 0 Å². The van der Waals surface area contributed by atoms with Crippen molar-refractivity contribution in [2.24, 2.45) is 0 Å². The van der Waals surface area contributed by atoms with Gasteiger partial charge in [0, 0.05) is 32.3 Å². The van der Waals surface area contributed by atoms with Crippen LogP contribution in [0.4, 0.5) is 13.2 Å². The summed E-state index contributed by atoms with van der Waals surface area (Å²) in [5.74, 6) is -4.24. The van der Waals surface area contributed by atoms with Crippen LogP contribution >= 0.6 is 0 Å². The van der Waals surface area contributed by atoms with Crippen molar-refractivity contribution < 1.29 is 13.2 Å². The Labute approximate surface area is 539 Å². The van der Waals surface area contributed by atoms with Crippen LogP contribution in [0.2, 0.25) is 0 Å². The second-order valence-electron chi connectivity index (χ2n) is 23.4. The van der Waals surface area contributed by atoms with Crippen molar-refractivity contribution >= 4 is 65.4 Å². The Hall–Kier alpha value is -12.8. The summed E-state index contributed by atoms with van der Waals surface area (Å²) in [5.41, 5.74) is 23.0. The monoisotopic (exact) mass is 1210 g/mol. The van der Waals surface area contributed by atoms with Crippen LogP contribution in [0.3, 0.4) is 0 Å². The number of benzene rings is 14.